The van der Waals surface area contributed by atoms with E-state index < -0.39 is 10.0 Å². The number of rotatable bonds is 5. The Morgan fingerprint density at radius 3 is 2.61 bits per heavy atom. The van der Waals surface area contributed by atoms with Crippen LogP contribution in [-0.2, 0) is 10.0 Å². The van der Waals surface area contributed by atoms with E-state index in [2.05, 4.69) is 0 Å². The quantitative estimate of drug-likeness (QED) is 0.843. The third-order valence-corrected chi connectivity index (χ3v) is 6.75. The summed E-state index contributed by atoms with van der Waals surface area (Å²) >= 11 is 11.8. The molecule has 0 spiro atoms. The van der Waals surface area contributed by atoms with E-state index in [9.17, 15) is 8.42 Å². The molecule has 0 aliphatic rings. The smallest absolute Gasteiger partial charge is 0.252 e. The van der Waals surface area contributed by atoms with Crippen molar-refractivity contribution in [3.8, 4) is 0 Å². The van der Waals surface area contributed by atoms with Gasteiger partial charge in [-0.3, -0.25) is 0 Å². The van der Waals surface area contributed by atoms with Crippen LogP contribution in [-0.4, -0.2) is 31.3 Å². The Labute approximate surface area is 122 Å². The summed E-state index contributed by atoms with van der Waals surface area (Å²) in [6.07, 6.45) is 0. The Kier molecular flexibility index (Phi) is 5.13. The van der Waals surface area contributed by atoms with Gasteiger partial charge in [-0.1, -0.05) is 30.7 Å². The molecular formula is C10H15ClN2O2S3. The fourth-order valence-electron chi connectivity index (χ4n) is 1.29. The molecule has 0 aliphatic heterocycles. The lowest BCUT2D eigenvalue weighted by Gasteiger charge is -2.19. The molecule has 0 saturated heterocycles. The molecule has 8 heteroatoms. The highest BCUT2D eigenvalue weighted by Crippen LogP contribution is 2.31. The Balaban J connectivity index is 2.96. The Morgan fingerprint density at radius 1 is 1.67 bits per heavy atom. The highest BCUT2D eigenvalue weighted by Gasteiger charge is 2.25. The minimum absolute atomic E-state index is 0.170. The third kappa shape index (κ3) is 3.42. The first-order valence-corrected chi connectivity index (χ1v) is 8.22. The van der Waals surface area contributed by atoms with E-state index >= 15 is 0 Å². The van der Waals surface area contributed by atoms with Gasteiger partial charge in [-0.2, -0.15) is 4.31 Å². The fourth-order valence-corrected chi connectivity index (χ4v) is 4.54. The monoisotopic (exact) mass is 326 g/mol. The molecule has 1 atom stereocenters. The Morgan fingerprint density at radius 2 is 2.22 bits per heavy atom. The molecule has 1 rings (SSSR count). The van der Waals surface area contributed by atoms with Crippen molar-refractivity contribution < 1.29 is 8.42 Å². The van der Waals surface area contributed by atoms with Crippen LogP contribution in [0.1, 0.15) is 12.5 Å². The minimum Gasteiger partial charge on any atom is -0.393 e. The average Bonchev–Trinajstić information content (AvgIpc) is 2.59. The lowest BCUT2D eigenvalue weighted by molar-refractivity contribution is 0.446. The van der Waals surface area contributed by atoms with Crippen LogP contribution >= 0.6 is 35.2 Å². The maximum atomic E-state index is 12.2. The molecule has 0 aliphatic carbocycles. The lowest BCUT2D eigenvalue weighted by Crippen LogP contribution is -2.35. The lowest BCUT2D eigenvalue weighted by atomic mass is 10.2. The number of halogens is 1. The average molecular weight is 327 g/mol. The summed E-state index contributed by atoms with van der Waals surface area (Å²) < 4.78 is 26.5. The minimum atomic E-state index is -3.52. The van der Waals surface area contributed by atoms with Crippen molar-refractivity contribution in [1.29, 1.82) is 0 Å². The maximum absolute atomic E-state index is 12.2. The zero-order chi connectivity index (χ0) is 14.1. The highest BCUT2D eigenvalue weighted by molar-refractivity contribution is 7.91. The number of thiophene rings is 1. The van der Waals surface area contributed by atoms with Crippen molar-refractivity contribution in [3.05, 3.63) is 16.0 Å². The Hall–Kier alpha value is -0.210. The standard InChI is InChI=1S/C10H15ClN2O2S3/c1-6-4-8(17-9(6)11)18(14,15)13(3)5-7(2)10(12)16/h4,7H,5H2,1-3H3,(H2,12,16). The first-order valence-electron chi connectivity index (χ1n) is 5.18. The fraction of sp³-hybridized carbons (Fsp3) is 0.500. The van der Waals surface area contributed by atoms with E-state index in [0.717, 1.165) is 16.9 Å². The van der Waals surface area contributed by atoms with Crippen LogP contribution < -0.4 is 5.73 Å². The largest absolute Gasteiger partial charge is 0.393 e. The summed E-state index contributed by atoms with van der Waals surface area (Å²) in [5.74, 6) is -0.170. The van der Waals surface area contributed by atoms with Crippen molar-refractivity contribution in [3.63, 3.8) is 0 Å². The molecule has 1 aromatic heterocycles. The summed E-state index contributed by atoms with van der Waals surface area (Å²) in [7, 11) is -2.01. The van der Waals surface area contributed by atoms with Crippen LogP contribution in [0, 0.1) is 12.8 Å². The zero-order valence-electron chi connectivity index (χ0n) is 10.3. The molecule has 1 heterocycles. The van der Waals surface area contributed by atoms with Crippen LogP contribution in [0.15, 0.2) is 10.3 Å². The number of nitrogens with two attached hydrogens (primary N) is 1. The van der Waals surface area contributed by atoms with E-state index in [-0.39, 0.29) is 16.7 Å². The summed E-state index contributed by atoms with van der Waals surface area (Å²) in [4.78, 5) is 0.303. The molecule has 4 nitrogen and oxygen atoms in total. The van der Waals surface area contributed by atoms with Crippen LogP contribution in [0.3, 0.4) is 0 Å². The van der Waals surface area contributed by atoms with Gasteiger partial charge >= 0.3 is 0 Å². The summed E-state index contributed by atoms with van der Waals surface area (Å²) in [6, 6.07) is 1.57. The number of sulfonamides is 1. The van der Waals surface area contributed by atoms with Gasteiger partial charge in [-0.25, -0.2) is 8.42 Å². The van der Waals surface area contributed by atoms with Crippen LogP contribution in [0.4, 0.5) is 0 Å². The van der Waals surface area contributed by atoms with Crippen molar-refractivity contribution in [2.45, 2.75) is 18.1 Å². The van der Waals surface area contributed by atoms with E-state index in [1.54, 1.807) is 19.9 Å². The summed E-state index contributed by atoms with van der Waals surface area (Å²) in [5.41, 5.74) is 6.25. The number of hydrogen-bond acceptors (Lipinski definition) is 4. The van der Waals surface area contributed by atoms with Crippen molar-refractivity contribution in [1.82, 2.24) is 4.31 Å². The molecule has 0 radical (unpaired) electrons. The first-order chi connectivity index (χ1) is 8.16. The molecule has 18 heavy (non-hydrogen) atoms. The number of thiocarbonyl (C=S) groups is 1. The van der Waals surface area contributed by atoms with Gasteiger partial charge in [0.2, 0.25) is 0 Å². The first kappa shape index (κ1) is 15.8. The van der Waals surface area contributed by atoms with Gasteiger partial charge in [0.15, 0.2) is 0 Å². The van der Waals surface area contributed by atoms with E-state index in [1.165, 1.54) is 11.4 Å². The molecule has 0 fully saturated rings. The van der Waals surface area contributed by atoms with Gasteiger partial charge in [0.25, 0.3) is 10.0 Å². The third-order valence-electron chi connectivity index (χ3n) is 2.52. The highest BCUT2D eigenvalue weighted by atomic mass is 35.5. The molecule has 102 valence electrons. The van der Waals surface area contributed by atoms with Gasteiger partial charge in [0, 0.05) is 19.5 Å². The maximum Gasteiger partial charge on any atom is 0.252 e. The summed E-state index contributed by atoms with van der Waals surface area (Å²) in [6.45, 7) is 3.82. The van der Waals surface area contributed by atoms with Crippen LogP contribution in [0.2, 0.25) is 4.34 Å². The predicted molar refractivity (Wildman–Crippen MR) is 79.8 cm³/mol. The van der Waals surface area contributed by atoms with E-state index in [1.807, 2.05) is 0 Å². The topological polar surface area (TPSA) is 63.4 Å². The molecule has 1 unspecified atom stereocenters. The number of nitrogens with zero attached hydrogens (tertiary/aromatic N) is 1. The normalized spacial score (nSPS) is 13.8. The van der Waals surface area contributed by atoms with E-state index in [4.69, 9.17) is 29.6 Å². The van der Waals surface area contributed by atoms with Gasteiger partial charge in [-0.05, 0) is 18.6 Å². The van der Waals surface area contributed by atoms with Crippen molar-refractivity contribution >= 4 is 50.2 Å². The molecular weight excluding hydrogens is 312 g/mol. The van der Waals surface area contributed by atoms with E-state index in [0.29, 0.717) is 9.32 Å². The van der Waals surface area contributed by atoms with Crippen molar-refractivity contribution in [2.24, 2.45) is 11.7 Å². The van der Waals surface area contributed by atoms with Gasteiger partial charge in [-0.15, -0.1) is 11.3 Å². The van der Waals surface area contributed by atoms with Gasteiger partial charge in [0.05, 0.1) is 9.32 Å². The zero-order valence-corrected chi connectivity index (χ0v) is 13.5. The van der Waals surface area contributed by atoms with Crippen LogP contribution in [0.25, 0.3) is 0 Å². The number of hydrogen-bond donors (Lipinski definition) is 1. The van der Waals surface area contributed by atoms with Gasteiger partial charge in [0.1, 0.15) is 4.21 Å². The molecule has 0 saturated carbocycles. The second kappa shape index (κ2) is 5.83. The molecule has 0 aromatic carbocycles. The second-order valence-electron chi connectivity index (χ2n) is 4.11. The van der Waals surface area contributed by atoms with Gasteiger partial charge < -0.3 is 5.73 Å². The molecule has 2 N–H and O–H groups in total. The van der Waals surface area contributed by atoms with Crippen LogP contribution in [0.5, 0.6) is 0 Å². The number of aryl methyl sites for hydroxylation is 1. The Bertz CT molecular complexity index is 534. The molecule has 0 amide bonds. The molecule has 1 aromatic rings. The predicted octanol–water partition coefficient (Wildman–Crippen LogP) is 2.25. The molecule has 0 bridgehead atoms. The van der Waals surface area contributed by atoms with Crippen molar-refractivity contribution in [2.75, 3.05) is 13.6 Å². The second-order valence-corrected chi connectivity index (χ2v) is 8.51. The summed E-state index contributed by atoms with van der Waals surface area (Å²) in [5, 5.41) is 0. The SMILES string of the molecule is Cc1cc(S(=O)(=O)N(C)CC(C)C(N)=S)sc1Cl.